The first-order valence-corrected chi connectivity index (χ1v) is 11.1. The van der Waals surface area contributed by atoms with Crippen LogP contribution in [0.15, 0.2) is 84.4 Å². The first-order chi connectivity index (χ1) is 16.0. The van der Waals surface area contributed by atoms with E-state index < -0.39 is 17.7 Å². The summed E-state index contributed by atoms with van der Waals surface area (Å²) in [4.78, 5) is 27.8. The zero-order chi connectivity index (χ0) is 23.4. The van der Waals surface area contributed by atoms with Gasteiger partial charge >= 0.3 is 0 Å². The molecule has 0 bridgehead atoms. The van der Waals surface area contributed by atoms with Gasteiger partial charge < -0.3 is 14.7 Å². The van der Waals surface area contributed by atoms with E-state index in [9.17, 15) is 14.7 Å². The summed E-state index contributed by atoms with van der Waals surface area (Å²) in [6, 6.07) is 23.9. The second-order valence-electron chi connectivity index (χ2n) is 8.06. The summed E-state index contributed by atoms with van der Waals surface area (Å²) in [7, 11) is 1.54. The standard InChI is InChI=1S/C28H27NO4/c1-3-19-12-14-21(15-13-19)25-24(26(30)22-10-7-11-23(18-22)33-2)27(31)28(32)29(25)17-16-20-8-5-4-6-9-20/h4-15,18,25,30H,3,16-17H2,1-2H3/b26-24+. The number of hydrogen-bond donors (Lipinski definition) is 1. The molecule has 1 amide bonds. The monoisotopic (exact) mass is 441 g/mol. The molecular weight excluding hydrogens is 414 g/mol. The van der Waals surface area contributed by atoms with Gasteiger partial charge in [-0.2, -0.15) is 0 Å². The maximum atomic E-state index is 13.2. The van der Waals surface area contributed by atoms with Gasteiger partial charge in [0.05, 0.1) is 18.7 Å². The van der Waals surface area contributed by atoms with Crippen LogP contribution in [0.1, 0.15) is 35.2 Å². The molecule has 4 rings (SSSR count). The molecule has 1 saturated heterocycles. The smallest absolute Gasteiger partial charge is 0.295 e. The number of Topliss-reactive ketones (excluding diaryl/α,β-unsaturated/α-hetero) is 1. The van der Waals surface area contributed by atoms with Crippen LogP contribution < -0.4 is 4.74 Å². The van der Waals surface area contributed by atoms with Crippen LogP contribution in [0.3, 0.4) is 0 Å². The van der Waals surface area contributed by atoms with E-state index in [1.807, 2.05) is 54.6 Å². The predicted octanol–water partition coefficient (Wildman–Crippen LogP) is 4.92. The lowest BCUT2D eigenvalue weighted by atomic mass is 9.94. The average Bonchev–Trinajstić information content (AvgIpc) is 3.12. The molecule has 0 aromatic heterocycles. The second kappa shape index (κ2) is 9.74. The Labute approximate surface area is 193 Å². The topological polar surface area (TPSA) is 66.8 Å². The summed E-state index contributed by atoms with van der Waals surface area (Å²) >= 11 is 0. The minimum atomic E-state index is -0.673. The Morgan fingerprint density at radius 3 is 2.33 bits per heavy atom. The van der Waals surface area contributed by atoms with Crippen molar-refractivity contribution in [2.24, 2.45) is 0 Å². The Kier molecular flexibility index (Phi) is 6.59. The highest BCUT2D eigenvalue weighted by Gasteiger charge is 2.45. The summed E-state index contributed by atoms with van der Waals surface area (Å²) in [5.41, 5.74) is 3.57. The van der Waals surface area contributed by atoms with E-state index in [0.717, 1.165) is 23.1 Å². The maximum Gasteiger partial charge on any atom is 0.295 e. The van der Waals surface area contributed by atoms with Gasteiger partial charge in [0.25, 0.3) is 11.7 Å². The molecule has 1 fully saturated rings. The fourth-order valence-corrected chi connectivity index (χ4v) is 4.21. The van der Waals surface area contributed by atoms with Crippen LogP contribution in [0.4, 0.5) is 0 Å². The van der Waals surface area contributed by atoms with E-state index in [0.29, 0.717) is 24.3 Å². The summed E-state index contributed by atoms with van der Waals surface area (Å²) in [6.07, 6.45) is 1.49. The number of carbonyl (C=O) groups is 2. The van der Waals surface area contributed by atoms with Crippen LogP contribution in [-0.2, 0) is 22.4 Å². The van der Waals surface area contributed by atoms with Crippen LogP contribution in [0.25, 0.3) is 5.76 Å². The molecule has 33 heavy (non-hydrogen) atoms. The highest BCUT2D eigenvalue weighted by molar-refractivity contribution is 6.46. The molecule has 1 unspecified atom stereocenters. The lowest BCUT2D eigenvalue weighted by Gasteiger charge is -2.25. The molecule has 0 radical (unpaired) electrons. The third-order valence-electron chi connectivity index (χ3n) is 6.07. The number of nitrogens with zero attached hydrogens (tertiary/aromatic N) is 1. The Morgan fingerprint density at radius 1 is 0.939 bits per heavy atom. The van der Waals surface area contributed by atoms with Gasteiger partial charge in [0.15, 0.2) is 0 Å². The van der Waals surface area contributed by atoms with Crippen molar-refractivity contribution in [3.8, 4) is 5.75 Å². The summed E-state index contributed by atoms with van der Waals surface area (Å²) in [6.45, 7) is 2.44. The van der Waals surface area contributed by atoms with Crippen LogP contribution in [0.2, 0.25) is 0 Å². The van der Waals surface area contributed by atoms with Crippen molar-refractivity contribution in [1.29, 1.82) is 0 Å². The molecule has 1 atom stereocenters. The molecule has 5 nitrogen and oxygen atoms in total. The van der Waals surface area contributed by atoms with Crippen LogP contribution in [-0.4, -0.2) is 35.4 Å². The highest BCUT2D eigenvalue weighted by atomic mass is 16.5. The fourth-order valence-electron chi connectivity index (χ4n) is 4.21. The SMILES string of the molecule is CCc1ccc(C2/C(=C(\O)c3cccc(OC)c3)C(=O)C(=O)N2CCc2ccccc2)cc1. The maximum absolute atomic E-state index is 13.2. The molecule has 3 aromatic carbocycles. The van der Waals surface area contributed by atoms with Crippen LogP contribution in [0.5, 0.6) is 5.75 Å². The fraction of sp³-hybridized carbons (Fsp3) is 0.214. The molecule has 0 aliphatic carbocycles. The van der Waals surface area contributed by atoms with Crippen molar-refractivity contribution >= 4 is 17.4 Å². The Morgan fingerprint density at radius 2 is 1.67 bits per heavy atom. The number of rotatable bonds is 7. The van der Waals surface area contributed by atoms with Crippen molar-refractivity contribution in [3.63, 3.8) is 0 Å². The number of benzene rings is 3. The first-order valence-electron chi connectivity index (χ1n) is 11.1. The number of aliphatic hydroxyl groups excluding tert-OH is 1. The van der Waals surface area contributed by atoms with Crippen molar-refractivity contribution in [1.82, 2.24) is 4.90 Å². The number of ether oxygens (including phenoxy) is 1. The molecule has 3 aromatic rings. The molecule has 0 saturated carbocycles. The van der Waals surface area contributed by atoms with Crippen molar-refractivity contribution < 1.29 is 19.4 Å². The summed E-state index contributed by atoms with van der Waals surface area (Å²) < 4.78 is 5.27. The van der Waals surface area contributed by atoms with E-state index in [1.165, 1.54) is 7.11 Å². The number of hydrogen-bond acceptors (Lipinski definition) is 4. The van der Waals surface area contributed by atoms with Crippen LogP contribution in [0, 0.1) is 0 Å². The normalized spacial score (nSPS) is 17.4. The molecular formula is C28H27NO4. The first kappa shape index (κ1) is 22.3. The lowest BCUT2D eigenvalue weighted by Crippen LogP contribution is -2.31. The van der Waals surface area contributed by atoms with Gasteiger partial charge in [-0.15, -0.1) is 0 Å². The molecule has 1 aliphatic rings. The number of ketones is 1. The molecule has 1 heterocycles. The quantitative estimate of drug-likeness (QED) is 0.321. The van der Waals surface area contributed by atoms with E-state index in [1.54, 1.807) is 29.2 Å². The Hall–Kier alpha value is -3.86. The molecule has 1 N–H and O–H groups in total. The van der Waals surface area contributed by atoms with Gasteiger partial charge in [-0.3, -0.25) is 9.59 Å². The summed E-state index contributed by atoms with van der Waals surface area (Å²) in [5, 5.41) is 11.2. The lowest BCUT2D eigenvalue weighted by molar-refractivity contribution is -0.139. The molecule has 5 heteroatoms. The Balaban J connectivity index is 1.79. The van der Waals surface area contributed by atoms with Gasteiger partial charge in [-0.05, 0) is 41.7 Å². The minimum Gasteiger partial charge on any atom is -0.507 e. The van der Waals surface area contributed by atoms with Crippen molar-refractivity contribution in [2.45, 2.75) is 25.8 Å². The minimum absolute atomic E-state index is 0.102. The highest BCUT2D eigenvalue weighted by Crippen LogP contribution is 2.39. The summed E-state index contributed by atoms with van der Waals surface area (Å²) in [5.74, 6) is -0.909. The van der Waals surface area contributed by atoms with Crippen molar-refractivity contribution in [2.75, 3.05) is 13.7 Å². The van der Waals surface area contributed by atoms with Crippen LogP contribution >= 0.6 is 0 Å². The molecule has 168 valence electrons. The third-order valence-corrected chi connectivity index (χ3v) is 6.07. The number of methoxy groups -OCH3 is 1. The largest absolute Gasteiger partial charge is 0.507 e. The average molecular weight is 442 g/mol. The van der Waals surface area contributed by atoms with E-state index >= 15 is 0 Å². The Bertz CT molecular complexity index is 1180. The third kappa shape index (κ3) is 4.53. The number of aryl methyl sites for hydroxylation is 1. The molecule has 1 aliphatic heterocycles. The number of aliphatic hydroxyl groups is 1. The van der Waals surface area contributed by atoms with Gasteiger partial charge in [0.2, 0.25) is 0 Å². The number of amides is 1. The van der Waals surface area contributed by atoms with Gasteiger partial charge in [0, 0.05) is 12.1 Å². The van der Waals surface area contributed by atoms with Gasteiger partial charge in [0.1, 0.15) is 11.5 Å². The zero-order valence-electron chi connectivity index (χ0n) is 18.8. The predicted molar refractivity (Wildman–Crippen MR) is 128 cm³/mol. The van der Waals surface area contributed by atoms with Gasteiger partial charge in [-0.25, -0.2) is 0 Å². The van der Waals surface area contributed by atoms with E-state index in [4.69, 9.17) is 4.74 Å². The van der Waals surface area contributed by atoms with Crippen molar-refractivity contribution in [3.05, 3.63) is 107 Å². The number of likely N-dealkylation sites (tertiary alicyclic amines) is 1. The zero-order valence-corrected chi connectivity index (χ0v) is 18.8. The van der Waals surface area contributed by atoms with Gasteiger partial charge in [-0.1, -0.05) is 73.7 Å². The van der Waals surface area contributed by atoms with E-state index in [2.05, 4.69) is 6.92 Å². The van der Waals surface area contributed by atoms with E-state index in [-0.39, 0.29) is 11.3 Å². The number of carbonyl (C=O) groups excluding carboxylic acids is 2. The molecule has 0 spiro atoms. The second-order valence-corrected chi connectivity index (χ2v) is 8.06.